The summed E-state index contributed by atoms with van der Waals surface area (Å²) in [7, 11) is 0. The molecule has 0 radical (unpaired) electrons. The molecule has 4 rings (SSSR count). The average molecular weight is 299 g/mol. The number of aryl methyl sites for hydroxylation is 1. The van der Waals surface area contributed by atoms with Gasteiger partial charge in [0.2, 0.25) is 5.91 Å². The Bertz CT molecular complexity index is 753. The zero-order valence-corrected chi connectivity index (χ0v) is 12.1. The monoisotopic (exact) mass is 299 g/mol. The summed E-state index contributed by atoms with van der Waals surface area (Å²) >= 11 is 1.53. The van der Waals surface area contributed by atoms with Crippen LogP contribution in [0.5, 0.6) is 0 Å². The Morgan fingerprint density at radius 3 is 2.90 bits per heavy atom. The quantitative estimate of drug-likeness (QED) is 0.879. The van der Waals surface area contributed by atoms with E-state index in [4.69, 9.17) is 0 Å². The number of carbonyl (C=O) groups is 2. The molecule has 1 aromatic carbocycles. The van der Waals surface area contributed by atoms with Crippen LogP contribution in [0.1, 0.15) is 28.2 Å². The van der Waals surface area contributed by atoms with Gasteiger partial charge in [-0.1, -0.05) is 12.1 Å². The van der Waals surface area contributed by atoms with E-state index in [1.165, 1.54) is 11.3 Å². The molecule has 0 unspecified atom stereocenters. The SMILES string of the molecule is O=C1CN(c2nc3c(s2)CCCC3=O)c2ccccc2N1. The lowest BCUT2D eigenvalue weighted by Gasteiger charge is -2.28. The van der Waals surface area contributed by atoms with E-state index >= 15 is 0 Å². The minimum Gasteiger partial charge on any atom is -0.323 e. The first-order chi connectivity index (χ1) is 10.2. The van der Waals surface area contributed by atoms with Crippen molar-refractivity contribution in [1.29, 1.82) is 0 Å². The molecule has 1 amide bonds. The van der Waals surface area contributed by atoms with Crippen LogP contribution in [0.2, 0.25) is 0 Å². The van der Waals surface area contributed by atoms with Crippen molar-refractivity contribution in [3.8, 4) is 0 Å². The summed E-state index contributed by atoms with van der Waals surface area (Å²) < 4.78 is 0. The van der Waals surface area contributed by atoms with E-state index in [1.54, 1.807) is 0 Å². The first-order valence-corrected chi connectivity index (χ1v) is 7.73. The molecular weight excluding hydrogens is 286 g/mol. The van der Waals surface area contributed by atoms with E-state index in [1.807, 2.05) is 29.2 Å². The highest BCUT2D eigenvalue weighted by atomic mass is 32.1. The predicted molar refractivity (Wildman–Crippen MR) is 81.5 cm³/mol. The Morgan fingerprint density at radius 2 is 2.05 bits per heavy atom. The third-order valence-electron chi connectivity index (χ3n) is 3.76. The normalized spacial score (nSPS) is 17.2. The van der Waals surface area contributed by atoms with Gasteiger partial charge in [0.15, 0.2) is 10.9 Å². The maximum absolute atomic E-state index is 11.9. The molecule has 0 bridgehead atoms. The number of nitrogens with one attached hydrogen (secondary N) is 1. The summed E-state index contributed by atoms with van der Waals surface area (Å²) in [5, 5.41) is 3.59. The number of benzene rings is 1. The lowest BCUT2D eigenvalue weighted by Crippen LogP contribution is -2.34. The molecule has 5 nitrogen and oxygen atoms in total. The van der Waals surface area contributed by atoms with Crippen LogP contribution in [0, 0.1) is 0 Å². The molecule has 0 saturated carbocycles. The van der Waals surface area contributed by atoms with Gasteiger partial charge in [0, 0.05) is 11.3 Å². The number of hydrogen-bond donors (Lipinski definition) is 1. The molecule has 2 aromatic rings. The van der Waals surface area contributed by atoms with Crippen LogP contribution >= 0.6 is 11.3 Å². The largest absolute Gasteiger partial charge is 0.323 e. The highest BCUT2D eigenvalue weighted by Gasteiger charge is 2.28. The highest BCUT2D eigenvalue weighted by Crippen LogP contribution is 2.39. The van der Waals surface area contributed by atoms with Gasteiger partial charge in [-0.3, -0.25) is 9.59 Å². The van der Waals surface area contributed by atoms with Crippen LogP contribution in [0.3, 0.4) is 0 Å². The summed E-state index contributed by atoms with van der Waals surface area (Å²) in [6.07, 6.45) is 2.37. The van der Waals surface area contributed by atoms with Crippen molar-refractivity contribution in [2.24, 2.45) is 0 Å². The third kappa shape index (κ3) is 2.03. The van der Waals surface area contributed by atoms with Crippen LogP contribution < -0.4 is 10.2 Å². The summed E-state index contributed by atoms with van der Waals surface area (Å²) in [4.78, 5) is 31.3. The molecule has 6 heteroatoms. The number of aromatic nitrogens is 1. The Morgan fingerprint density at radius 1 is 1.19 bits per heavy atom. The Balaban J connectivity index is 1.80. The Kier molecular flexibility index (Phi) is 2.78. The lowest BCUT2D eigenvalue weighted by molar-refractivity contribution is -0.115. The van der Waals surface area contributed by atoms with Crippen molar-refractivity contribution >= 4 is 39.5 Å². The van der Waals surface area contributed by atoms with E-state index in [0.29, 0.717) is 12.1 Å². The molecule has 1 N–H and O–H groups in total. The number of amides is 1. The van der Waals surface area contributed by atoms with Gasteiger partial charge in [-0.05, 0) is 25.0 Å². The van der Waals surface area contributed by atoms with Gasteiger partial charge in [-0.25, -0.2) is 4.98 Å². The van der Waals surface area contributed by atoms with Crippen molar-refractivity contribution < 1.29 is 9.59 Å². The fraction of sp³-hybridized carbons (Fsp3) is 0.267. The van der Waals surface area contributed by atoms with Crippen LogP contribution in [0.4, 0.5) is 16.5 Å². The zero-order chi connectivity index (χ0) is 14.4. The topological polar surface area (TPSA) is 62.3 Å². The van der Waals surface area contributed by atoms with Gasteiger partial charge >= 0.3 is 0 Å². The van der Waals surface area contributed by atoms with E-state index in [-0.39, 0.29) is 18.2 Å². The lowest BCUT2D eigenvalue weighted by atomic mass is 10.0. The smallest absolute Gasteiger partial charge is 0.244 e. The second kappa shape index (κ2) is 4.66. The zero-order valence-electron chi connectivity index (χ0n) is 11.3. The van der Waals surface area contributed by atoms with Crippen molar-refractivity contribution in [3.63, 3.8) is 0 Å². The molecule has 1 aliphatic carbocycles. The molecule has 2 heterocycles. The number of ketones is 1. The standard InChI is InChI=1S/C15H13N3O2S/c19-11-6-3-7-12-14(11)17-15(21-12)18-8-13(20)16-9-4-1-2-5-10(9)18/h1-2,4-5H,3,6-8H2,(H,16,20). The summed E-state index contributed by atoms with van der Waals surface area (Å²) in [5.74, 6) is 0.0571. The van der Waals surface area contributed by atoms with Crippen LogP contribution in [0.25, 0.3) is 0 Å². The minimum absolute atomic E-state index is 0.0619. The molecule has 0 spiro atoms. The molecule has 1 aromatic heterocycles. The second-order valence-corrected chi connectivity index (χ2v) is 6.26. The number of rotatable bonds is 1. The predicted octanol–water partition coefficient (Wildman–Crippen LogP) is 2.75. The highest BCUT2D eigenvalue weighted by molar-refractivity contribution is 7.16. The van der Waals surface area contributed by atoms with Crippen molar-refractivity contribution in [2.45, 2.75) is 19.3 Å². The number of fused-ring (bicyclic) bond motifs is 2. The molecular formula is C15H13N3O2S. The van der Waals surface area contributed by atoms with E-state index < -0.39 is 0 Å². The van der Waals surface area contributed by atoms with Crippen LogP contribution in [-0.2, 0) is 11.2 Å². The first-order valence-electron chi connectivity index (χ1n) is 6.92. The number of thiazole rings is 1. The number of carbonyl (C=O) groups excluding carboxylic acids is 2. The fourth-order valence-corrected chi connectivity index (χ4v) is 3.91. The number of Topliss-reactive ketones (excluding diaryl/α,β-unsaturated/α-hetero) is 1. The molecule has 0 atom stereocenters. The van der Waals surface area contributed by atoms with E-state index in [0.717, 1.165) is 34.2 Å². The van der Waals surface area contributed by atoms with Crippen LogP contribution in [0.15, 0.2) is 24.3 Å². The molecule has 2 aliphatic rings. The third-order valence-corrected chi connectivity index (χ3v) is 4.90. The van der Waals surface area contributed by atoms with Crippen molar-refractivity contribution in [2.75, 3.05) is 16.8 Å². The minimum atomic E-state index is -0.0619. The summed E-state index contributed by atoms with van der Waals surface area (Å²) in [6, 6.07) is 7.65. The number of anilines is 3. The number of hydrogen-bond acceptors (Lipinski definition) is 5. The van der Waals surface area contributed by atoms with E-state index in [2.05, 4.69) is 10.3 Å². The molecule has 106 valence electrons. The summed E-state index contributed by atoms with van der Waals surface area (Å²) in [5.41, 5.74) is 2.31. The maximum Gasteiger partial charge on any atom is 0.244 e. The van der Waals surface area contributed by atoms with Gasteiger partial charge in [-0.2, -0.15) is 0 Å². The molecule has 21 heavy (non-hydrogen) atoms. The fourth-order valence-electron chi connectivity index (χ4n) is 2.77. The second-order valence-electron chi connectivity index (χ2n) is 5.20. The van der Waals surface area contributed by atoms with Gasteiger partial charge < -0.3 is 10.2 Å². The maximum atomic E-state index is 11.9. The Labute approximate surface area is 125 Å². The molecule has 1 aliphatic heterocycles. The van der Waals surface area contributed by atoms with Crippen molar-refractivity contribution in [1.82, 2.24) is 4.98 Å². The average Bonchev–Trinajstić information content (AvgIpc) is 2.92. The van der Waals surface area contributed by atoms with Gasteiger partial charge in [0.05, 0.1) is 11.4 Å². The first kappa shape index (κ1) is 12.5. The van der Waals surface area contributed by atoms with Crippen molar-refractivity contribution in [3.05, 3.63) is 34.8 Å². The summed E-state index contributed by atoms with van der Waals surface area (Å²) in [6.45, 7) is 0.234. The van der Waals surface area contributed by atoms with Crippen LogP contribution in [-0.4, -0.2) is 23.2 Å². The Hall–Kier alpha value is -2.21. The van der Waals surface area contributed by atoms with Gasteiger partial charge in [0.25, 0.3) is 0 Å². The molecule has 0 saturated heterocycles. The number of para-hydroxylation sites is 2. The molecule has 0 fully saturated rings. The van der Waals surface area contributed by atoms with Gasteiger partial charge in [0.1, 0.15) is 12.2 Å². The number of nitrogens with zero attached hydrogens (tertiary/aromatic N) is 2. The van der Waals surface area contributed by atoms with E-state index in [9.17, 15) is 9.59 Å². The van der Waals surface area contributed by atoms with Gasteiger partial charge in [-0.15, -0.1) is 11.3 Å².